The summed E-state index contributed by atoms with van der Waals surface area (Å²) in [5.74, 6) is -2.17. The van der Waals surface area contributed by atoms with Gasteiger partial charge in [-0.1, -0.05) is 30.3 Å². The Morgan fingerprint density at radius 2 is 1.59 bits per heavy atom. The maximum Gasteiger partial charge on any atom is 2.00 e. The molecule has 0 N–H and O–H groups in total. The van der Waals surface area contributed by atoms with Crippen LogP contribution in [0, 0.1) is 0 Å². The van der Waals surface area contributed by atoms with Crippen molar-refractivity contribution in [1.29, 1.82) is 0 Å². The minimum absolute atomic E-state index is 0. The van der Waals surface area contributed by atoms with E-state index in [0.29, 0.717) is 0 Å². The van der Waals surface area contributed by atoms with E-state index in [1.807, 2.05) is 0 Å². The Bertz CT molecular complexity index is 341. The third-order valence-corrected chi connectivity index (χ3v) is 1.45. The second-order valence-electron chi connectivity index (χ2n) is 3.26. The van der Waals surface area contributed by atoms with Crippen molar-refractivity contribution in [3.63, 3.8) is 0 Å². The average molecular weight is 263 g/mol. The van der Waals surface area contributed by atoms with Gasteiger partial charge in [0.25, 0.3) is 0 Å². The number of likely N-dealkylation sites (N-methyl/N-ethyl adjacent to an activating group) is 1. The van der Waals surface area contributed by atoms with Gasteiger partial charge in [-0.25, -0.2) is 0 Å². The van der Waals surface area contributed by atoms with E-state index in [1.165, 1.54) is 17.0 Å². The van der Waals surface area contributed by atoms with Crippen LogP contribution in [0.1, 0.15) is 10.4 Å². The van der Waals surface area contributed by atoms with Crippen LogP contribution in [0.2, 0.25) is 0 Å². The van der Waals surface area contributed by atoms with Crippen LogP contribution < -0.4 is 10.2 Å². The smallest absolute Gasteiger partial charge is 0.549 e. The van der Waals surface area contributed by atoms with Gasteiger partial charge in [0.05, 0.1) is 11.9 Å². The van der Waals surface area contributed by atoms with Gasteiger partial charge in [0.1, 0.15) is 0 Å². The second kappa shape index (κ2) is 10.5. The first-order chi connectivity index (χ1) is 7.43. The monoisotopic (exact) mass is 263 g/mol. The van der Waals surface area contributed by atoms with Crippen LogP contribution in [0.3, 0.4) is 0 Å². The van der Waals surface area contributed by atoms with Gasteiger partial charge in [-0.3, -0.25) is 0 Å². The summed E-state index contributed by atoms with van der Waals surface area (Å²) in [4.78, 5) is 21.3. The summed E-state index contributed by atoms with van der Waals surface area (Å²) >= 11 is 0. The number of rotatable bonds is 3. The van der Waals surface area contributed by atoms with E-state index in [4.69, 9.17) is 0 Å². The standard InChI is InChI=1S/C7H6O2.C4H9NO2.Ca/c8-7(9)6-4-2-1-3-5-6;1-5(2)3-4(6)7;/h1-5H,(H,8,9);3H2,1-2H3,(H,6,7);/q;;+2/p-2. The second-order valence-corrected chi connectivity index (χ2v) is 3.26. The number of benzene rings is 1. The SMILES string of the molecule is CN(C)CC(=O)[O-].O=C([O-])c1ccccc1.[Ca+2]. The fourth-order valence-electron chi connectivity index (χ4n) is 0.832. The number of hydrogen-bond acceptors (Lipinski definition) is 5. The predicted molar refractivity (Wildman–Crippen MR) is 60.1 cm³/mol. The van der Waals surface area contributed by atoms with E-state index in [9.17, 15) is 19.8 Å². The van der Waals surface area contributed by atoms with Crippen LogP contribution in [0.4, 0.5) is 0 Å². The molecule has 0 amide bonds. The van der Waals surface area contributed by atoms with Crippen LogP contribution in [0.5, 0.6) is 0 Å². The molecule has 6 heteroatoms. The zero-order valence-corrected chi connectivity index (χ0v) is 12.1. The molecule has 0 aliphatic heterocycles. The molecule has 88 valence electrons. The molecule has 0 unspecified atom stereocenters. The fourth-order valence-corrected chi connectivity index (χ4v) is 0.832. The Labute approximate surface area is 130 Å². The molecule has 0 saturated carbocycles. The zero-order chi connectivity index (χ0) is 12.6. The number of nitrogens with zero attached hydrogens (tertiary/aromatic N) is 1. The summed E-state index contributed by atoms with van der Waals surface area (Å²) in [5, 5.41) is 19.7. The fraction of sp³-hybridized carbons (Fsp3) is 0.273. The summed E-state index contributed by atoms with van der Waals surface area (Å²) < 4.78 is 0. The molecule has 1 aromatic rings. The van der Waals surface area contributed by atoms with Gasteiger partial charge < -0.3 is 24.7 Å². The van der Waals surface area contributed by atoms with E-state index < -0.39 is 11.9 Å². The van der Waals surface area contributed by atoms with E-state index in [0.717, 1.165) is 0 Å². The number of aliphatic carboxylic acids is 1. The third-order valence-electron chi connectivity index (χ3n) is 1.45. The zero-order valence-electron chi connectivity index (χ0n) is 9.88. The van der Waals surface area contributed by atoms with E-state index in [2.05, 4.69) is 0 Å². The Kier molecular flexibility index (Phi) is 11.6. The number of carboxylic acid groups (broad SMARTS) is 2. The van der Waals surface area contributed by atoms with Crippen molar-refractivity contribution >= 4 is 49.7 Å². The number of carbonyl (C=O) groups excluding carboxylic acids is 2. The first kappa shape index (κ1) is 18.7. The third kappa shape index (κ3) is 11.6. The maximum absolute atomic E-state index is 10.1. The summed E-state index contributed by atoms with van der Waals surface area (Å²) in [6, 6.07) is 8.06. The maximum atomic E-state index is 10.1. The minimum atomic E-state index is -1.13. The van der Waals surface area contributed by atoms with Crippen LogP contribution in [0.15, 0.2) is 30.3 Å². The van der Waals surface area contributed by atoms with Gasteiger partial charge in [0, 0.05) is 6.54 Å². The van der Waals surface area contributed by atoms with Crippen molar-refractivity contribution in [2.75, 3.05) is 20.6 Å². The van der Waals surface area contributed by atoms with Crippen molar-refractivity contribution in [3.8, 4) is 0 Å². The predicted octanol–water partition coefficient (Wildman–Crippen LogP) is -2.03. The molecule has 5 nitrogen and oxygen atoms in total. The number of carbonyl (C=O) groups is 2. The van der Waals surface area contributed by atoms with Crippen molar-refractivity contribution in [1.82, 2.24) is 4.90 Å². The molecule has 0 spiro atoms. The molecule has 0 aliphatic carbocycles. The van der Waals surface area contributed by atoms with Crippen molar-refractivity contribution in [2.45, 2.75) is 0 Å². The topological polar surface area (TPSA) is 83.5 Å². The molecule has 0 atom stereocenters. The minimum Gasteiger partial charge on any atom is -0.549 e. The van der Waals surface area contributed by atoms with E-state index >= 15 is 0 Å². The van der Waals surface area contributed by atoms with Crippen LogP contribution in [-0.2, 0) is 4.79 Å². The molecule has 0 saturated heterocycles. The van der Waals surface area contributed by atoms with Gasteiger partial charge in [0.2, 0.25) is 0 Å². The number of carboxylic acids is 2. The van der Waals surface area contributed by atoms with Gasteiger partial charge in [0.15, 0.2) is 0 Å². The first-order valence-corrected chi connectivity index (χ1v) is 4.54. The largest absolute Gasteiger partial charge is 2.00 e. The quantitative estimate of drug-likeness (QED) is 0.587. The van der Waals surface area contributed by atoms with Crippen molar-refractivity contribution < 1.29 is 19.8 Å². The van der Waals surface area contributed by atoms with Crippen LogP contribution in [0.25, 0.3) is 0 Å². The van der Waals surface area contributed by atoms with E-state index in [1.54, 1.807) is 32.3 Å². The van der Waals surface area contributed by atoms with Crippen LogP contribution >= 0.6 is 0 Å². The summed E-state index contributed by atoms with van der Waals surface area (Å²) in [6.07, 6.45) is 0. The molecule has 0 fully saturated rings. The van der Waals surface area contributed by atoms with Crippen LogP contribution in [-0.4, -0.2) is 75.2 Å². The average Bonchev–Trinajstić information content (AvgIpc) is 2.17. The normalized spacial score (nSPS) is 8.65. The molecule has 1 rings (SSSR count). The Morgan fingerprint density at radius 3 is 1.76 bits per heavy atom. The molecule has 0 heterocycles. The molecule has 0 aromatic heterocycles. The van der Waals surface area contributed by atoms with Gasteiger partial charge in [-0.05, 0) is 19.7 Å². The number of hydrogen-bond donors (Lipinski definition) is 0. The molecular weight excluding hydrogens is 250 g/mol. The molecule has 0 bridgehead atoms. The summed E-state index contributed by atoms with van der Waals surface area (Å²) in [7, 11) is 3.35. The van der Waals surface area contributed by atoms with Crippen molar-refractivity contribution in [2.24, 2.45) is 0 Å². The van der Waals surface area contributed by atoms with Crippen molar-refractivity contribution in [3.05, 3.63) is 35.9 Å². The van der Waals surface area contributed by atoms with Gasteiger partial charge in [-0.2, -0.15) is 0 Å². The molecule has 17 heavy (non-hydrogen) atoms. The van der Waals surface area contributed by atoms with Gasteiger partial charge >= 0.3 is 37.7 Å². The molecule has 0 aliphatic rings. The summed E-state index contributed by atoms with van der Waals surface area (Å²) in [6.45, 7) is 0. The molecular formula is C11H13CaNO4. The van der Waals surface area contributed by atoms with Gasteiger partial charge in [-0.15, -0.1) is 0 Å². The Hall–Kier alpha value is -0.620. The first-order valence-electron chi connectivity index (χ1n) is 4.54. The Balaban J connectivity index is 0. The Morgan fingerprint density at radius 1 is 1.12 bits per heavy atom. The summed E-state index contributed by atoms with van der Waals surface area (Å²) in [5.41, 5.74) is 0.220. The van der Waals surface area contributed by atoms with E-state index in [-0.39, 0.29) is 49.8 Å². The molecule has 1 aromatic carbocycles. The molecule has 0 radical (unpaired) electrons. The number of aromatic carboxylic acids is 1.